The highest BCUT2D eigenvalue weighted by Gasteiger charge is 2.26. The van der Waals surface area contributed by atoms with E-state index in [2.05, 4.69) is 5.32 Å². The molecule has 2 amide bonds. The summed E-state index contributed by atoms with van der Waals surface area (Å²) in [4.78, 5) is 27.2. The summed E-state index contributed by atoms with van der Waals surface area (Å²) >= 11 is 0. The van der Waals surface area contributed by atoms with Crippen LogP contribution in [0.25, 0.3) is 21.9 Å². The highest BCUT2D eigenvalue weighted by atomic mass is 16.2. The largest absolute Gasteiger partial charge is 0.340 e. The summed E-state index contributed by atoms with van der Waals surface area (Å²) in [5, 5.41) is 14.3. The van der Waals surface area contributed by atoms with E-state index in [1.807, 2.05) is 91.1 Å². The summed E-state index contributed by atoms with van der Waals surface area (Å²) in [7, 11) is 1.40. The Hall–Kier alpha value is -4.43. The summed E-state index contributed by atoms with van der Waals surface area (Å²) in [5.41, 5.74) is 3.06. The average molecular weight is 434 g/mol. The molecule has 0 bridgehead atoms. The minimum Gasteiger partial charge on any atom is -0.340 e. The van der Waals surface area contributed by atoms with E-state index >= 15 is 0 Å². The van der Waals surface area contributed by atoms with Gasteiger partial charge in [0, 0.05) is 19.0 Å². The van der Waals surface area contributed by atoms with Gasteiger partial charge in [-0.1, -0.05) is 91.0 Å². The number of rotatable bonds is 6. The fraction of sp³-hybridized carbons (Fsp3) is 0.107. The monoisotopic (exact) mass is 433 g/mol. The van der Waals surface area contributed by atoms with E-state index < -0.39 is 11.9 Å². The average Bonchev–Trinajstić information content (AvgIpc) is 2.87. The molecule has 0 saturated heterocycles. The van der Waals surface area contributed by atoms with Crippen molar-refractivity contribution >= 4 is 22.6 Å². The molecule has 1 unspecified atom stereocenters. The Bertz CT molecular complexity index is 1340. The molecule has 0 spiro atoms. The zero-order chi connectivity index (χ0) is 23.2. The maximum atomic E-state index is 13.3. The van der Waals surface area contributed by atoms with E-state index in [0.717, 1.165) is 32.4 Å². The normalized spacial score (nSPS) is 11.4. The maximum Gasteiger partial charge on any atom is 0.258 e. The van der Waals surface area contributed by atoms with Crippen molar-refractivity contribution < 1.29 is 9.59 Å². The summed E-state index contributed by atoms with van der Waals surface area (Å²) < 4.78 is 0. The number of hydrogen-bond donors (Lipinski definition) is 1. The molecule has 5 heteroatoms. The van der Waals surface area contributed by atoms with Crippen LogP contribution in [0.3, 0.4) is 0 Å². The summed E-state index contributed by atoms with van der Waals surface area (Å²) in [6, 6.07) is 29.9. The van der Waals surface area contributed by atoms with Crippen LogP contribution in [-0.2, 0) is 11.2 Å². The number of nitrogens with one attached hydrogen (secondary N) is 1. The molecule has 4 aromatic carbocycles. The Morgan fingerprint density at radius 1 is 0.879 bits per heavy atom. The van der Waals surface area contributed by atoms with Gasteiger partial charge in [0.1, 0.15) is 6.04 Å². The molecule has 4 aromatic rings. The van der Waals surface area contributed by atoms with Gasteiger partial charge < -0.3 is 5.32 Å². The standard InChI is InChI=1S/C28H23N3O2/c1-31(19-29)28(33)26(18-20-15-16-21-9-5-6-12-23(21)17-20)30-27(32)25-14-8-7-13-24(25)22-10-3-2-4-11-22/h2-17,26H,18H2,1H3,(H,30,32). The second-order valence-electron chi connectivity index (χ2n) is 7.82. The lowest BCUT2D eigenvalue weighted by Crippen LogP contribution is -2.47. The fourth-order valence-electron chi connectivity index (χ4n) is 3.87. The van der Waals surface area contributed by atoms with Crippen LogP contribution < -0.4 is 5.32 Å². The van der Waals surface area contributed by atoms with Gasteiger partial charge >= 0.3 is 0 Å². The summed E-state index contributed by atoms with van der Waals surface area (Å²) in [6.45, 7) is 0. The van der Waals surface area contributed by atoms with Crippen LogP contribution in [0.4, 0.5) is 0 Å². The van der Waals surface area contributed by atoms with Crippen molar-refractivity contribution in [2.75, 3.05) is 7.05 Å². The van der Waals surface area contributed by atoms with Crippen molar-refractivity contribution in [3.8, 4) is 17.3 Å². The zero-order valence-electron chi connectivity index (χ0n) is 18.2. The van der Waals surface area contributed by atoms with Crippen LogP contribution in [0.15, 0.2) is 97.1 Å². The molecule has 0 aromatic heterocycles. The highest BCUT2D eigenvalue weighted by Crippen LogP contribution is 2.24. The zero-order valence-corrected chi connectivity index (χ0v) is 18.2. The Morgan fingerprint density at radius 2 is 1.55 bits per heavy atom. The van der Waals surface area contributed by atoms with E-state index in [-0.39, 0.29) is 12.3 Å². The predicted molar refractivity (Wildman–Crippen MR) is 129 cm³/mol. The summed E-state index contributed by atoms with van der Waals surface area (Å²) in [5.74, 6) is -0.823. The second kappa shape index (κ2) is 9.80. The Balaban J connectivity index is 1.64. The number of amides is 2. The lowest BCUT2D eigenvalue weighted by Gasteiger charge is -2.21. The van der Waals surface area contributed by atoms with Gasteiger partial charge in [-0.3, -0.25) is 14.5 Å². The van der Waals surface area contributed by atoms with Crippen LogP contribution in [0.1, 0.15) is 15.9 Å². The first-order valence-electron chi connectivity index (χ1n) is 10.7. The van der Waals surface area contributed by atoms with E-state index in [0.29, 0.717) is 5.56 Å². The van der Waals surface area contributed by atoms with Gasteiger partial charge in [-0.25, -0.2) is 0 Å². The lowest BCUT2D eigenvalue weighted by molar-refractivity contribution is -0.129. The van der Waals surface area contributed by atoms with E-state index in [1.165, 1.54) is 7.05 Å². The molecule has 162 valence electrons. The molecular formula is C28H23N3O2. The third-order valence-electron chi connectivity index (χ3n) is 5.59. The fourth-order valence-corrected chi connectivity index (χ4v) is 3.87. The number of carbonyl (C=O) groups excluding carboxylic acids is 2. The quantitative estimate of drug-likeness (QED) is 0.351. The van der Waals surface area contributed by atoms with E-state index in [9.17, 15) is 14.9 Å². The molecule has 0 aliphatic heterocycles. The van der Waals surface area contributed by atoms with E-state index in [4.69, 9.17) is 0 Å². The molecular weight excluding hydrogens is 410 g/mol. The van der Waals surface area contributed by atoms with Gasteiger partial charge in [0.2, 0.25) is 0 Å². The predicted octanol–water partition coefficient (Wildman–Crippen LogP) is 4.79. The first-order valence-corrected chi connectivity index (χ1v) is 10.7. The van der Waals surface area contributed by atoms with Crippen molar-refractivity contribution in [2.24, 2.45) is 0 Å². The van der Waals surface area contributed by atoms with Crippen LogP contribution in [0.2, 0.25) is 0 Å². The van der Waals surface area contributed by atoms with Gasteiger partial charge in [-0.15, -0.1) is 0 Å². The van der Waals surface area contributed by atoms with Gasteiger partial charge in [0.05, 0.1) is 0 Å². The van der Waals surface area contributed by atoms with Crippen LogP contribution in [-0.4, -0.2) is 29.8 Å². The summed E-state index contributed by atoms with van der Waals surface area (Å²) in [6.07, 6.45) is 2.12. The van der Waals surface area contributed by atoms with Crippen LogP contribution in [0, 0.1) is 11.5 Å². The number of benzene rings is 4. The lowest BCUT2D eigenvalue weighted by atomic mass is 9.98. The molecule has 0 aliphatic carbocycles. The minimum atomic E-state index is -0.882. The molecule has 0 aliphatic rings. The molecule has 1 N–H and O–H groups in total. The Morgan fingerprint density at radius 3 is 2.30 bits per heavy atom. The van der Waals surface area contributed by atoms with Crippen molar-refractivity contribution in [1.82, 2.24) is 10.2 Å². The van der Waals surface area contributed by atoms with Crippen LogP contribution in [0.5, 0.6) is 0 Å². The molecule has 33 heavy (non-hydrogen) atoms. The topological polar surface area (TPSA) is 73.2 Å². The molecule has 4 rings (SSSR count). The van der Waals surface area contributed by atoms with E-state index in [1.54, 1.807) is 12.1 Å². The second-order valence-corrected chi connectivity index (χ2v) is 7.82. The van der Waals surface area contributed by atoms with Crippen LogP contribution >= 0.6 is 0 Å². The molecule has 0 heterocycles. The van der Waals surface area contributed by atoms with Gasteiger partial charge in [0.15, 0.2) is 6.19 Å². The third kappa shape index (κ3) is 4.91. The highest BCUT2D eigenvalue weighted by molar-refractivity contribution is 6.03. The van der Waals surface area contributed by atoms with Gasteiger partial charge in [0.25, 0.3) is 11.8 Å². The number of hydrogen-bond acceptors (Lipinski definition) is 3. The minimum absolute atomic E-state index is 0.273. The number of nitriles is 1. The molecule has 1 atom stereocenters. The Labute approximate surface area is 192 Å². The van der Waals surface area contributed by atoms with Crippen molar-refractivity contribution in [3.63, 3.8) is 0 Å². The molecule has 0 radical (unpaired) electrons. The molecule has 5 nitrogen and oxygen atoms in total. The molecule has 0 saturated carbocycles. The Kier molecular flexibility index (Phi) is 6.47. The number of nitrogens with zero attached hydrogens (tertiary/aromatic N) is 2. The third-order valence-corrected chi connectivity index (χ3v) is 5.59. The first kappa shape index (κ1) is 21.8. The number of likely N-dealkylation sites (N-methyl/N-ethyl adjacent to an activating group) is 1. The van der Waals surface area contributed by atoms with Crippen molar-refractivity contribution in [2.45, 2.75) is 12.5 Å². The van der Waals surface area contributed by atoms with Gasteiger partial charge in [-0.05, 0) is 33.5 Å². The molecule has 0 fully saturated rings. The van der Waals surface area contributed by atoms with Crippen molar-refractivity contribution in [3.05, 3.63) is 108 Å². The first-order chi connectivity index (χ1) is 16.1. The number of carbonyl (C=O) groups is 2. The SMILES string of the molecule is CN(C#N)C(=O)C(Cc1ccc2ccccc2c1)NC(=O)c1ccccc1-c1ccccc1. The maximum absolute atomic E-state index is 13.3. The number of fused-ring (bicyclic) bond motifs is 1. The smallest absolute Gasteiger partial charge is 0.258 e. The van der Waals surface area contributed by atoms with Crippen molar-refractivity contribution in [1.29, 1.82) is 5.26 Å². The van der Waals surface area contributed by atoms with Gasteiger partial charge in [-0.2, -0.15) is 5.26 Å².